The maximum Gasteiger partial charge on any atom is 0.0367 e. The van der Waals surface area contributed by atoms with E-state index in [1.807, 2.05) is 31.3 Å². The van der Waals surface area contributed by atoms with Crippen molar-refractivity contribution < 1.29 is 0 Å². The summed E-state index contributed by atoms with van der Waals surface area (Å²) in [6.45, 7) is 8.33. The number of anilines is 1. The molecule has 0 spiro atoms. The summed E-state index contributed by atoms with van der Waals surface area (Å²) in [6.07, 6.45) is 0. The molecule has 1 aromatic carbocycles. The number of rotatable bonds is 3. The van der Waals surface area contributed by atoms with Gasteiger partial charge in [-0.25, -0.2) is 0 Å². The van der Waals surface area contributed by atoms with Gasteiger partial charge in [-0.2, -0.15) is 0 Å². The summed E-state index contributed by atoms with van der Waals surface area (Å²) in [5, 5.41) is 0. The molecule has 2 heteroatoms. The van der Waals surface area contributed by atoms with Crippen molar-refractivity contribution in [2.24, 2.45) is 0 Å². The SMILES string of the molecule is C=C(c1cccc(N)c1)N(C)C(C)C. The molecule has 0 radical (unpaired) electrons. The van der Waals surface area contributed by atoms with Crippen LogP contribution in [0, 0.1) is 0 Å². The lowest BCUT2D eigenvalue weighted by molar-refractivity contribution is 0.397. The summed E-state index contributed by atoms with van der Waals surface area (Å²) in [6, 6.07) is 8.25. The molecule has 0 unspecified atom stereocenters. The van der Waals surface area contributed by atoms with Crippen LogP contribution in [0.15, 0.2) is 30.8 Å². The van der Waals surface area contributed by atoms with Crippen LogP contribution in [0.5, 0.6) is 0 Å². The molecular weight excluding hydrogens is 172 g/mol. The smallest absolute Gasteiger partial charge is 0.0367 e. The molecule has 0 aliphatic carbocycles. The number of nitrogens with two attached hydrogens (primary N) is 1. The molecule has 0 bridgehead atoms. The fourth-order valence-corrected chi connectivity index (χ4v) is 1.23. The maximum atomic E-state index is 5.71. The van der Waals surface area contributed by atoms with Gasteiger partial charge >= 0.3 is 0 Å². The average Bonchev–Trinajstić information content (AvgIpc) is 2.15. The highest BCUT2D eigenvalue weighted by Crippen LogP contribution is 2.19. The molecule has 2 nitrogen and oxygen atoms in total. The Labute approximate surface area is 86.0 Å². The largest absolute Gasteiger partial charge is 0.399 e. The zero-order chi connectivity index (χ0) is 10.7. The Morgan fingerprint density at radius 3 is 2.57 bits per heavy atom. The van der Waals surface area contributed by atoms with E-state index in [2.05, 4.69) is 25.3 Å². The minimum absolute atomic E-state index is 0.448. The molecule has 0 aromatic heterocycles. The van der Waals surface area contributed by atoms with E-state index in [4.69, 9.17) is 5.73 Å². The molecule has 0 aliphatic rings. The van der Waals surface area contributed by atoms with Gasteiger partial charge < -0.3 is 10.6 Å². The van der Waals surface area contributed by atoms with Crippen LogP contribution in [-0.2, 0) is 0 Å². The van der Waals surface area contributed by atoms with Gasteiger partial charge in [-0.05, 0) is 31.5 Å². The van der Waals surface area contributed by atoms with Crippen molar-refractivity contribution in [1.82, 2.24) is 4.90 Å². The second kappa shape index (κ2) is 4.18. The molecule has 14 heavy (non-hydrogen) atoms. The third kappa shape index (κ3) is 2.28. The summed E-state index contributed by atoms with van der Waals surface area (Å²) in [4.78, 5) is 2.13. The molecule has 2 N–H and O–H groups in total. The van der Waals surface area contributed by atoms with Gasteiger partial charge in [0.15, 0.2) is 0 Å². The number of benzene rings is 1. The molecule has 0 saturated heterocycles. The van der Waals surface area contributed by atoms with E-state index >= 15 is 0 Å². The van der Waals surface area contributed by atoms with E-state index in [1.54, 1.807) is 0 Å². The van der Waals surface area contributed by atoms with Gasteiger partial charge in [-0.15, -0.1) is 0 Å². The van der Waals surface area contributed by atoms with Crippen LogP contribution in [0.4, 0.5) is 5.69 Å². The van der Waals surface area contributed by atoms with Gasteiger partial charge in [-0.3, -0.25) is 0 Å². The molecule has 76 valence electrons. The van der Waals surface area contributed by atoms with Crippen molar-refractivity contribution in [2.45, 2.75) is 19.9 Å². The van der Waals surface area contributed by atoms with E-state index in [9.17, 15) is 0 Å². The lowest BCUT2D eigenvalue weighted by Gasteiger charge is -2.26. The van der Waals surface area contributed by atoms with Gasteiger partial charge in [0.2, 0.25) is 0 Å². The number of nitrogen functional groups attached to an aromatic ring is 1. The van der Waals surface area contributed by atoms with Crippen LogP contribution in [-0.4, -0.2) is 18.0 Å². The van der Waals surface area contributed by atoms with Crippen molar-refractivity contribution in [3.05, 3.63) is 36.4 Å². The first-order chi connectivity index (χ1) is 6.52. The molecule has 1 aromatic rings. The molecule has 1 rings (SSSR count). The zero-order valence-corrected chi connectivity index (χ0v) is 9.12. The second-order valence-corrected chi connectivity index (χ2v) is 3.78. The molecule has 0 amide bonds. The maximum absolute atomic E-state index is 5.71. The van der Waals surface area contributed by atoms with Crippen LogP contribution >= 0.6 is 0 Å². The lowest BCUT2D eigenvalue weighted by Crippen LogP contribution is -2.24. The summed E-state index contributed by atoms with van der Waals surface area (Å²) in [5.74, 6) is 0. The Hall–Kier alpha value is -1.44. The van der Waals surface area contributed by atoms with Crippen molar-refractivity contribution in [3.63, 3.8) is 0 Å². The van der Waals surface area contributed by atoms with Gasteiger partial charge in [-0.1, -0.05) is 18.7 Å². The third-order valence-electron chi connectivity index (χ3n) is 2.42. The molecule has 0 atom stereocenters. The van der Waals surface area contributed by atoms with Crippen LogP contribution in [0.1, 0.15) is 19.4 Å². The summed E-state index contributed by atoms with van der Waals surface area (Å²) in [7, 11) is 2.04. The first-order valence-corrected chi connectivity index (χ1v) is 4.80. The number of hydrogen-bond donors (Lipinski definition) is 1. The minimum atomic E-state index is 0.448. The van der Waals surface area contributed by atoms with Gasteiger partial charge in [0.05, 0.1) is 0 Å². The lowest BCUT2D eigenvalue weighted by atomic mass is 10.1. The third-order valence-corrected chi connectivity index (χ3v) is 2.42. The van der Waals surface area contributed by atoms with Crippen LogP contribution in [0.25, 0.3) is 5.70 Å². The minimum Gasteiger partial charge on any atom is -0.399 e. The van der Waals surface area contributed by atoms with Gasteiger partial charge in [0.25, 0.3) is 0 Å². The Kier molecular flexibility index (Phi) is 3.18. The molecule has 0 fully saturated rings. The highest BCUT2D eigenvalue weighted by Gasteiger charge is 2.07. The highest BCUT2D eigenvalue weighted by molar-refractivity contribution is 5.65. The fourth-order valence-electron chi connectivity index (χ4n) is 1.23. The predicted molar refractivity (Wildman–Crippen MR) is 62.8 cm³/mol. The zero-order valence-electron chi connectivity index (χ0n) is 9.12. The number of nitrogens with zero attached hydrogens (tertiary/aromatic N) is 1. The van der Waals surface area contributed by atoms with Gasteiger partial charge in [0, 0.05) is 24.5 Å². The molecule has 0 heterocycles. The molecule has 0 aliphatic heterocycles. The van der Waals surface area contributed by atoms with Crippen molar-refractivity contribution >= 4 is 11.4 Å². The monoisotopic (exact) mass is 190 g/mol. The molecular formula is C12H18N2. The van der Waals surface area contributed by atoms with Crippen LogP contribution in [0.3, 0.4) is 0 Å². The molecule has 0 saturated carbocycles. The quantitative estimate of drug-likeness (QED) is 0.742. The Morgan fingerprint density at radius 2 is 2.07 bits per heavy atom. The first-order valence-electron chi connectivity index (χ1n) is 4.80. The Bertz CT molecular complexity index is 329. The number of hydrogen-bond acceptors (Lipinski definition) is 2. The summed E-state index contributed by atoms with van der Waals surface area (Å²) >= 11 is 0. The van der Waals surface area contributed by atoms with Crippen LogP contribution < -0.4 is 5.73 Å². The van der Waals surface area contributed by atoms with E-state index in [1.165, 1.54) is 0 Å². The standard InChI is InChI=1S/C12H18N2/c1-9(2)14(4)10(3)11-6-5-7-12(13)8-11/h5-9H,3,13H2,1-2,4H3. The van der Waals surface area contributed by atoms with E-state index in [0.29, 0.717) is 6.04 Å². The van der Waals surface area contributed by atoms with Crippen molar-refractivity contribution in [2.75, 3.05) is 12.8 Å². The first kappa shape index (κ1) is 10.6. The Balaban J connectivity index is 2.89. The topological polar surface area (TPSA) is 29.3 Å². The summed E-state index contributed by atoms with van der Waals surface area (Å²) in [5.41, 5.74) is 8.58. The average molecular weight is 190 g/mol. The van der Waals surface area contributed by atoms with E-state index in [-0.39, 0.29) is 0 Å². The van der Waals surface area contributed by atoms with Crippen LogP contribution in [0.2, 0.25) is 0 Å². The second-order valence-electron chi connectivity index (χ2n) is 3.78. The fraction of sp³-hybridized carbons (Fsp3) is 0.333. The highest BCUT2D eigenvalue weighted by atomic mass is 15.1. The summed E-state index contributed by atoms with van der Waals surface area (Å²) < 4.78 is 0. The van der Waals surface area contributed by atoms with Gasteiger partial charge in [0.1, 0.15) is 0 Å². The van der Waals surface area contributed by atoms with E-state index < -0.39 is 0 Å². The predicted octanol–water partition coefficient (Wildman–Crippen LogP) is 2.58. The van der Waals surface area contributed by atoms with E-state index in [0.717, 1.165) is 16.9 Å². The Morgan fingerprint density at radius 1 is 1.43 bits per heavy atom. The normalized spacial score (nSPS) is 10.3. The van der Waals surface area contributed by atoms with Crippen molar-refractivity contribution in [1.29, 1.82) is 0 Å². The van der Waals surface area contributed by atoms with Crippen molar-refractivity contribution in [3.8, 4) is 0 Å².